The van der Waals surface area contributed by atoms with E-state index in [4.69, 9.17) is 4.74 Å². The van der Waals surface area contributed by atoms with Crippen LogP contribution in [0.5, 0.6) is 0 Å². The molecule has 3 heterocycles. The van der Waals surface area contributed by atoms with Crippen LogP contribution < -0.4 is 10.9 Å². The van der Waals surface area contributed by atoms with Crippen LogP contribution in [0.15, 0.2) is 47.7 Å². The van der Waals surface area contributed by atoms with Gasteiger partial charge in [-0.25, -0.2) is 9.97 Å². The van der Waals surface area contributed by atoms with Crippen molar-refractivity contribution in [3.05, 3.63) is 53.2 Å². The van der Waals surface area contributed by atoms with Crippen LogP contribution in [-0.4, -0.2) is 40.2 Å². The monoisotopic (exact) mass is 335 g/mol. The summed E-state index contributed by atoms with van der Waals surface area (Å²) in [7, 11) is 1.66. The first-order chi connectivity index (χ1) is 12.3. The molecule has 0 aliphatic carbocycles. The van der Waals surface area contributed by atoms with Crippen molar-refractivity contribution in [2.75, 3.05) is 25.6 Å². The van der Waals surface area contributed by atoms with Crippen LogP contribution in [0, 0.1) is 0 Å². The molecule has 3 aromatic heterocycles. The molecule has 25 heavy (non-hydrogen) atoms. The molecule has 4 rings (SSSR count). The highest BCUT2D eigenvalue weighted by atomic mass is 16.5. The predicted octanol–water partition coefficient (Wildman–Crippen LogP) is 2.52. The normalized spacial score (nSPS) is 11.2. The smallest absolute Gasteiger partial charge is 0.258 e. The van der Waals surface area contributed by atoms with Crippen LogP contribution in [-0.2, 0) is 4.74 Å². The molecule has 0 aliphatic heterocycles. The SMILES string of the molecule is COCCNc1cc(-c2ccc3nc[nH]c(=O)c3c2)c2cc[nH]c2n1. The summed E-state index contributed by atoms with van der Waals surface area (Å²) in [5.41, 5.74) is 3.25. The molecule has 0 aliphatic rings. The van der Waals surface area contributed by atoms with E-state index < -0.39 is 0 Å². The number of rotatable bonds is 5. The zero-order chi connectivity index (χ0) is 17.2. The molecule has 0 unspecified atom stereocenters. The minimum Gasteiger partial charge on any atom is -0.383 e. The van der Waals surface area contributed by atoms with Gasteiger partial charge < -0.3 is 20.0 Å². The van der Waals surface area contributed by atoms with Crippen molar-refractivity contribution in [3.8, 4) is 11.1 Å². The molecule has 0 saturated carbocycles. The van der Waals surface area contributed by atoms with E-state index in [1.54, 1.807) is 7.11 Å². The Morgan fingerprint density at radius 2 is 2.08 bits per heavy atom. The lowest BCUT2D eigenvalue weighted by atomic mass is 10.0. The summed E-state index contributed by atoms with van der Waals surface area (Å²) in [6, 6.07) is 9.65. The summed E-state index contributed by atoms with van der Waals surface area (Å²) >= 11 is 0. The Morgan fingerprint density at radius 1 is 1.16 bits per heavy atom. The Kier molecular flexibility index (Phi) is 3.91. The summed E-state index contributed by atoms with van der Waals surface area (Å²) in [5.74, 6) is 0.752. The summed E-state index contributed by atoms with van der Waals surface area (Å²) in [4.78, 5) is 26.6. The van der Waals surface area contributed by atoms with E-state index in [0.29, 0.717) is 24.1 Å². The Morgan fingerprint density at radius 3 is 2.96 bits per heavy atom. The lowest BCUT2D eigenvalue weighted by Gasteiger charge is -2.10. The second kappa shape index (κ2) is 6.37. The number of H-pyrrole nitrogens is 2. The lowest BCUT2D eigenvalue weighted by Crippen LogP contribution is -2.09. The molecule has 7 nitrogen and oxygen atoms in total. The first-order valence-electron chi connectivity index (χ1n) is 7.95. The van der Waals surface area contributed by atoms with E-state index in [1.165, 1.54) is 6.33 Å². The topological polar surface area (TPSA) is 95.7 Å². The average Bonchev–Trinajstić information content (AvgIpc) is 3.10. The highest BCUT2D eigenvalue weighted by Gasteiger charge is 2.10. The Hall–Kier alpha value is -3.19. The number of nitrogens with zero attached hydrogens (tertiary/aromatic N) is 2. The summed E-state index contributed by atoms with van der Waals surface area (Å²) < 4.78 is 5.07. The fraction of sp³-hybridized carbons (Fsp3) is 0.167. The Balaban J connectivity index is 1.86. The zero-order valence-electron chi connectivity index (χ0n) is 13.7. The van der Waals surface area contributed by atoms with Gasteiger partial charge in [-0.05, 0) is 35.4 Å². The van der Waals surface area contributed by atoms with Crippen molar-refractivity contribution in [2.45, 2.75) is 0 Å². The van der Waals surface area contributed by atoms with Gasteiger partial charge in [0.15, 0.2) is 0 Å². The second-order valence-corrected chi connectivity index (χ2v) is 5.68. The molecule has 7 heteroatoms. The predicted molar refractivity (Wildman–Crippen MR) is 97.8 cm³/mol. The summed E-state index contributed by atoms with van der Waals surface area (Å²) in [5, 5.41) is 4.81. The third kappa shape index (κ3) is 2.85. The Bertz CT molecular complexity index is 1100. The van der Waals surface area contributed by atoms with Crippen molar-refractivity contribution < 1.29 is 4.74 Å². The fourth-order valence-electron chi connectivity index (χ4n) is 2.88. The van der Waals surface area contributed by atoms with E-state index in [0.717, 1.165) is 28.0 Å². The van der Waals surface area contributed by atoms with Gasteiger partial charge in [-0.15, -0.1) is 0 Å². The number of ether oxygens (including phenoxy) is 1. The lowest BCUT2D eigenvalue weighted by molar-refractivity contribution is 0.210. The minimum absolute atomic E-state index is 0.148. The largest absolute Gasteiger partial charge is 0.383 e. The number of hydrogen-bond donors (Lipinski definition) is 3. The van der Waals surface area contributed by atoms with Gasteiger partial charge >= 0.3 is 0 Å². The molecule has 3 N–H and O–H groups in total. The molecule has 4 aromatic rings. The standard InChI is InChI=1S/C18H17N5O2/c1-25-7-6-19-16-9-13(12-4-5-20-17(12)23-16)11-2-3-15-14(8-11)18(24)22-10-21-15/h2-5,8-10H,6-7H2,1H3,(H2,19,20,23)(H,21,22,24). The molecule has 0 fully saturated rings. The number of anilines is 1. The van der Waals surface area contributed by atoms with Crippen LogP contribution in [0.25, 0.3) is 33.1 Å². The van der Waals surface area contributed by atoms with Crippen LogP contribution in [0.1, 0.15) is 0 Å². The summed E-state index contributed by atoms with van der Waals surface area (Å²) in [6.45, 7) is 1.26. The average molecular weight is 335 g/mol. The summed E-state index contributed by atoms with van der Waals surface area (Å²) in [6.07, 6.45) is 3.27. The molecule has 0 saturated heterocycles. The van der Waals surface area contributed by atoms with Crippen molar-refractivity contribution in [2.24, 2.45) is 0 Å². The first-order valence-corrected chi connectivity index (χ1v) is 7.95. The molecule has 0 bridgehead atoms. The van der Waals surface area contributed by atoms with Crippen LogP contribution in [0.4, 0.5) is 5.82 Å². The Labute approximate surface area is 143 Å². The number of aromatic nitrogens is 4. The van der Waals surface area contributed by atoms with Crippen molar-refractivity contribution >= 4 is 27.8 Å². The zero-order valence-corrected chi connectivity index (χ0v) is 13.7. The van der Waals surface area contributed by atoms with Gasteiger partial charge in [0.05, 0.1) is 23.8 Å². The van der Waals surface area contributed by atoms with E-state index in [9.17, 15) is 4.79 Å². The molecule has 0 radical (unpaired) electrons. The maximum Gasteiger partial charge on any atom is 0.258 e. The van der Waals surface area contributed by atoms with Gasteiger partial charge in [-0.3, -0.25) is 4.79 Å². The van der Waals surface area contributed by atoms with Crippen LogP contribution >= 0.6 is 0 Å². The minimum atomic E-state index is -0.148. The number of methoxy groups -OCH3 is 1. The number of nitrogens with one attached hydrogen (secondary N) is 3. The third-order valence-corrected chi connectivity index (χ3v) is 4.09. The number of benzene rings is 1. The van der Waals surface area contributed by atoms with Gasteiger partial charge in [0.25, 0.3) is 5.56 Å². The van der Waals surface area contributed by atoms with Crippen LogP contribution in [0.3, 0.4) is 0 Å². The van der Waals surface area contributed by atoms with Gasteiger partial charge in [-0.1, -0.05) is 6.07 Å². The molecular weight excluding hydrogens is 318 g/mol. The fourth-order valence-corrected chi connectivity index (χ4v) is 2.88. The molecule has 1 aromatic carbocycles. The molecule has 0 atom stereocenters. The maximum atomic E-state index is 12.1. The number of pyridine rings is 1. The van der Waals surface area contributed by atoms with E-state index in [1.807, 2.05) is 36.5 Å². The number of aromatic amines is 2. The van der Waals surface area contributed by atoms with Crippen LogP contribution in [0.2, 0.25) is 0 Å². The molecular formula is C18H17N5O2. The van der Waals surface area contributed by atoms with Gasteiger partial charge in [0.2, 0.25) is 0 Å². The van der Waals surface area contributed by atoms with E-state index >= 15 is 0 Å². The van der Waals surface area contributed by atoms with Crippen molar-refractivity contribution in [3.63, 3.8) is 0 Å². The van der Waals surface area contributed by atoms with Gasteiger partial charge in [-0.2, -0.15) is 0 Å². The maximum absolute atomic E-state index is 12.1. The first kappa shape index (κ1) is 15.3. The van der Waals surface area contributed by atoms with E-state index in [-0.39, 0.29) is 5.56 Å². The highest BCUT2D eigenvalue weighted by Crippen LogP contribution is 2.30. The third-order valence-electron chi connectivity index (χ3n) is 4.09. The van der Waals surface area contributed by atoms with E-state index in [2.05, 4.69) is 25.3 Å². The van der Waals surface area contributed by atoms with Gasteiger partial charge in [0, 0.05) is 25.2 Å². The van der Waals surface area contributed by atoms with Crippen molar-refractivity contribution in [1.82, 2.24) is 19.9 Å². The highest BCUT2D eigenvalue weighted by molar-refractivity contribution is 5.97. The quantitative estimate of drug-likeness (QED) is 0.487. The van der Waals surface area contributed by atoms with Crippen molar-refractivity contribution in [1.29, 1.82) is 0 Å². The molecule has 0 spiro atoms. The van der Waals surface area contributed by atoms with Gasteiger partial charge in [0.1, 0.15) is 11.5 Å². The molecule has 126 valence electrons. The number of fused-ring (bicyclic) bond motifs is 2. The second-order valence-electron chi connectivity index (χ2n) is 5.68. The number of hydrogen-bond acceptors (Lipinski definition) is 5. The molecule has 0 amide bonds.